The first kappa shape index (κ1) is 23.7. The summed E-state index contributed by atoms with van der Waals surface area (Å²) >= 11 is 0. The summed E-state index contributed by atoms with van der Waals surface area (Å²) in [4.78, 5) is 36.8. The Hall–Kier alpha value is -4.40. The van der Waals surface area contributed by atoms with E-state index in [-0.39, 0.29) is 6.54 Å². The summed E-state index contributed by atoms with van der Waals surface area (Å²) in [5, 5.41) is 0. The van der Waals surface area contributed by atoms with Crippen molar-refractivity contribution in [3.8, 4) is 17.1 Å². The molecule has 0 unspecified atom stereocenters. The highest BCUT2D eigenvalue weighted by Crippen LogP contribution is 2.25. The van der Waals surface area contributed by atoms with Gasteiger partial charge in [-0.1, -0.05) is 18.2 Å². The fraction of sp³-hybridized carbons (Fsp3) is 0.231. The highest BCUT2D eigenvalue weighted by atomic mass is 16.5. The molecule has 4 aromatic rings. The molecule has 0 bridgehead atoms. The Labute approximate surface area is 202 Å². The van der Waals surface area contributed by atoms with E-state index in [9.17, 15) is 9.59 Å². The molecule has 180 valence electrons. The number of hydrogen-bond donors (Lipinski definition) is 0. The molecule has 0 aliphatic carbocycles. The predicted octanol–water partition coefficient (Wildman–Crippen LogP) is 2.85. The molecular weight excluding hydrogens is 444 g/mol. The van der Waals surface area contributed by atoms with Gasteiger partial charge in [-0.15, -0.1) is 13.2 Å². The zero-order valence-corrected chi connectivity index (χ0v) is 19.9. The molecule has 0 radical (unpaired) electrons. The average Bonchev–Trinajstić information content (AvgIpc) is 3.26. The molecule has 0 amide bonds. The van der Waals surface area contributed by atoms with Gasteiger partial charge in [0.1, 0.15) is 24.0 Å². The van der Waals surface area contributed by atoms with Crippen molar-refractivity contribution in [3.05, 3.63) is 94.8 Å². The minimum Gasteiger partial charge on any atom is -0.492 e. The lowest BCUT2D eigenvalue weighted by atomic mass is 10.2. The third-order valence-corrected chi connectivity index (χ3v) is 5.70. The zero-order valence-electron chi connectivity index (χ0n) is 19.9. The number of rotatable bonds is 10. The molecule has 1 aromatic carbocycles. The van der Waals surface area contributed by atoms with Crippen molar-refractivity contribution in [2.45, 2.75) is 13.1 Å². The first-order valence-corrected chi connectivity index (χ1v) is 11.2. The maximum atomic E-state index is 13.1. The number of aromatic nitrogens is 5. The number of anilines is 1. The number of pyridine rings is 1. The molecule has 0 spiro atoms. The van der Waals surface area contributed by atoms with Crippen molar-refractivity contribution in [2.24, 2.45) is 7.05 Å². The highest BCUT2D eigenvalue weighted by molar-refractivity contribution is 5.77. The van der Waals surface area contributed by atoms with Gasteiger partial charge < -0.3 is 14.2 Å². The van der Waals surface area contributed by atoms with E-state index in [0.29, 0.717) is 36.7 Å². The third kappa shape index (κ3) is 4.65. The van der Waals surface area contributed by atoms with Crippen molar-refractivity contribution in [3.63, 3.8) is 0 Å². The second-order valence-electron chi connectivity index (χ2n) is 8.04. The fourth-order valence-corrected chi connectivity index (χ4v) is 3.88. The van der Waals surface area contributed by atoms with Gasteiger partial charge in [-0.2, -0.15) is 0 Å². The van der Waals surface area contributed by atoms with Gasteiger partial charge in [-0.25, -0.2) is 14.8 Å². The Morgan fingerprint density at radius 3 is 2.40 bits per heavy atom. The van der Waals surface area contributed by atoms with Gasteiger partial charge in [0.05, 0.1) is 6.54 Å². The molecule has 3 heterocycles. The van der Waals surface area contributed by atoms with Crippen LogP contribution in [0.25, 0.3) is 22.6 Å². The van der Waals surface area contributed by atoms with Crippen LogP contribution < -0.4 is 20.9 Å². The van der Waals surface area contributed by atoms with Crippen LogP contribution in [-0.2, 0) is 20.1 Å². The number of benzene rings is 1. The van der Waals surface area contributed by atoms with Crippen molar-refractivity contribution in [2.75, 3.05) is 25.1 Å². The monoisotopic (exact) mass is 472 g/mol. The molecule has 35 heavy (non-hydrogen) atoms. The van der Waals surface area contributed by atoms with Gasteiger partial charge in [0, 0.05) is 38.9 Å². The smallest absolute Gasteiger partial charge is 0.332 e. The van der Waals surface area contributed by atoms with Crippen LogP contribution in [0.4, 0.5) is 5.82 Å². The summed E-state index contributed by atoms with van der Waals surface area (Å²) in [6.07, 6.45) is 4.98. The van der Waals surface area contributed by atoms with Crippen LogP contribution in [0.15, 0.2) is 83.6 Å². The zero-order chi connectivity index (χ0) is 24.9. The van der Waals surface area contributed by atoms with E-state index in [2.05, 4.69) is 23.1 Å². The molecule has 0 fully saturated rings. The third-order valence-electron chi connectivity index (χ3n) is 5.70. The Kier molecular flexibility index (Phi) is 6.96. The molecule has 0 N–H and O–H groups in total. The van der Waals surface area contributed by atoms with Crippen LogP contribution in [0, 0.1) is 0 Å². The predicted molar refractivity (Wildman–Crippen MR) is 138 cm³/mol. The molecule has 0 saturated heterocycles. The minimum atomic E-state index is -0.434. The molecule has 0 saturated carbocycles. The lowest BCUT2D eigenvalue weighted by molar-refractivity contribution is 0.325. The quantitative estimate of drug-likeness (QED) is 0.330. The fourth-order valence-electron chi connectivity index (χ4n) is 3.88. The molecule has 0 aliphatic heterocycles. The van der Waals surface area contributed by atoms with Crippen LogP contribution in [0.2, 0.25) is 0 Å². The summed E-state index contributed by atoms with van der Waals surface area (Å²) in [5.74, 6) is 2.18. The van der Waals surface area contributed by atoms with Crippen molar-refractivity contribution >= 4 is 17.0 Å². The highest BCUT2D eigenvalue weighted by Gasteiger charge is 2.20. The Bertz CT molecular complexity index is 1470. The second-order valence-corrected chi connectivity index (χ2v) is 8.04. The SMILES string of the molecule is C=CCn1c(=O)c2c(nc(-c3ccc(OCCN(C)c4ccccn4)cc3)n2CC=C)n(C)c1=O. The largest absolute Gasteiger partial charge is 0.492 e. The molecule has 9 heteroatoms. The first-order valence-electron chi connectivity index (χ1n) is 11.2. The van der Waals surface area contributed by atoms with Crippen LogP contribution in [-0.4, -0.2) is 43.9 Å². The van der Waals surface area contributed by atoms with Gasteiger partial charge in [0.25, 0.3) is 5.56 Å². The van der Waals surface area contributed by atoms with Gasteiger partial charge >= 0.3 is 5.69 Å². The molecule has 9 nitrogen and oxygen atoms in total. The van der Waals surface area contributed by atoms with Gasteiger partial charge in [-0.3, -0.25) is 13.9 Å². The van der Waals surface area contributed by atoms with Gasteiger partial charge in [0.15, 0.2) is 11.2 Å². The number of aryl methyl sites for hydroxylation is 1. The maximum absolute atomic E-state index is 13.1. The average molecular weight is 473 g/mol. The number of likely N-dealkylation sites (N-methyl/N-ethyl adjacent to an activating group) is 1. The molecule has 0 atom stereocenters. The van der Waals surface area contributed by atoms with E-state index in [4.69, 9.17) is 4.74 Å². The van der Waals surface area contributed by atoms with Crippen LogP contribution in [0.3, 0.4) is 0 Å². The van der Waals surface area contributed by atoms with Crippen molar-refractivity contribution < 1.29 is 4.74 Å². The Balaban J connectivity index is 1.61. The van der Waals surface area contributed by atoms with Crippen molar-refractivity contribution in [1.29, 1.82) is 0 Å². The standard InChI is InChI=1S/C26H28N6O3/c1-5-15-31-22-24(30(4)26(34)32(16-6-2)25(22)33)28-23(31)19-10-12-20(13-11-19)35-18-17-29(3)21-9-7-8-14-27-21/h5-14H,1-2,15-18H2,3-4H3. The van der Waals surface area contributed by atoms with Crippen LogP contribution in [0.5, 0.6) is 5.75 Å². The lowest BCUT2D eigenvalue weighted by Gasteiger charge is -2.18. The molecule has 3 aromatic heterocycles. The first-order chi connectivity index (χ1) is 17.0. The van der Waals surface area contributed by atoms with E-state index in [0.717, 1.165) is 21.7 Å². The summed E-state index contributed by atoms with van der Waals surface area (Å²) < 4.78 is 10.2. The number of ether oxygens (including phenoxy) is 1. The molecular formula is C26H28N6O3. The van der Waals surface area contributed by atoms with Crippen LogP contribution in [0.1, 0.15) is 0 Å². The summed E-state index contributed by atoms with van der Waals surface area (Å²) in [6.45, 7) is 9.13. The molecule has 0 aliphatic rings. The van der Waals surface area contributed by atoms with E-state index in [1.165, 1.54) is 10.6 Å². The summed E-state index contributed by atoms with van der Waals surface area (Å²) in [7, 11) is 3.58. The van der Waals surface area contributed by atoms with E-state index < -0.39 is 11.2 Å². The lowest BCUT2D eigenvalue weighted by Crippen LogP contribution is -2.39. The normalized spacial score (nSPS) is 10.9. The number of fused-ring (bicyclic) bond motifs is 1. The number of imidazole rings is 1. The van der Waals surface area contributed by atoms with E-state index in [1.54, 1.807) is 23.9 Å². The van der Waals surface area contributed by atoms with E-state index >= 15 is 0 Å². The number of hydrogen-bond acceptors (Lipinski definition) is 6. The Morgan fingerprint density at radius 2 is 1.74 bits per heavy atom. The van der Waals surface area contributed by atoms with Gasteiger partial charge in [0.2, 0.25) is 0 Å². The van der Waals surface area contributed by atoms with Gasteiger partial charge in [-0.05, 0) is 36.4 Å². The Morgan fingerprint density at radius 1 is 1.03 bits per heavy atom. The summed E-state index contributed by atoms with van der Waals surface area (Å²) in [6, 6.07) is 13.3. The van der Waals surface area contributed by atoms with Crippen LogP contribution >= 0.6 is 0 Å². The summed E-state index contributed by atoms with van der Waals surface area (Å²) in [5.41, 5.74) is 0.636. The topological polar surface area (TPSA) is 87.2 Å². The number of allylic oxidation sites excluding steroid dienone is 2. The van der Waals surface area contributed by atoms with Crippen molar-refractivity contribution in [1.82, 2.24) is 23.7 Å². The molecule has 4 rings (SSSR count). The minimum absolute atomic E-state index is 0.123. The second kappa shape index (κ2) is 10.3. The number of nitrogens with zero attached hydrogens (tertiary/aromatic N) is 6. The van der Waals surface area contributed by atoms with E-state index in [1.807, 2.05) is 54.4 Å². The maximum Gasteiger partial charge on any atom is 0.332 e.